The number of amidine groups is 2. The molecule has 4 aromatic carbocycles. The van der Waals surface area contributed by atoms with Gasteiger partial charge in [-0.25, -0.2) is 19.3 Å². The molecule has 0 saturated heterocycles. The van der Waals surface area contributed by atoms with Crippen LogP contribution in [-0.4, -0.2) is 28.5 Å². The maximum Gasteiger partial charge on any atom is 0.238 e. The van der Waals surface area contributed by atoms with Crippen LogP contribution in [0.5, 0.6) is 0 Å². The van der Waals surface area contributed by atoms with Crippen molar-refractivity contribution in [1.29, 1.82) is 0 Å². The molecular formula is C35H32FN3OP+. The Labute approximate surface area is 241 Å². The van der Waals surface area contributed by atoms with Crippen molar-refractivity contribution in [3.05, 3.63) is 155 Å². The molecule has 4 aromatic rings. The van der Waals surface area contributed by atoms with E-state index in [1.54, 1.807) is 12.1 Å². The molecule has 0 aromatic heterocycles. The van der Waals surface area contributed by atoms with Gasteiger partial charge in [-0.05, 0) is 91.6 Å². The average molecular weight is 561 g/mol. The van der Waals surface area contributed by atoms with E-state index in [9.17, 15) is 9.28 Å². The quantitative estimate of drug-likeness (QED) is 0.256. The molecule has 0 radical (unpaired) electrons. The van der Waals surface area contributed by atoms with Crippen LogP contribution in [0, 0.1) is 12.7 Å². The molecule has 4 nitrogen and oxygen atoms in total. The highest BCUT2D eigenvalue weighted by molar-refractivity contribution is 7.88. The summed E-state index contributed by atoms with van der Waals surface area (Å²) >= 11 is 0. The Morgan fingerprint density at radius 1 is 0.854 bits per heavy atom. The van der Waals surface area contributed by atoms with Crippen LogP contribution in [0.1, 0.15) is 41.3 Å². The normalized spacial score (nSPS) is 18.3. The first-order valence-corrected chi connectivity index (χ1v) is 15.6. The van der Waals surface area contributed by atoms with Gasteiger partial charge in [0.25, 0.3) is 0 Å². The van der Waals surface area contributed by atoms with Crippen LogP contribution in [-0.2, 0) is 0 Å². The molecule has 0 fully saturated rings. The van der Waals surface area contributed by atoms with Crippen molar-refractivity contribution in [1.82, 2.24) is 4.90 Å². The lowest BCUT2D eigenvalue weighted by Gasteiger charge is -2.33. The molecule has 6 rings (SSSR count). The van der Waals surface area contributed by atoms with Gasteiger partial charge in [0, 0.05) is 18.2 Å². The smallest absolute Gasteiger partial charge is 0.238 e. The fourth-order valence-corrected chi connectivity index (χ4v) is 8.57. The minimum atomic E-state index is -2.82. The summed E-state index contributed by atoms with van der Waals surface area (Å²) in [6.07, 6.45) is 7.99. The Hall–Kier alpha value is -4.18. The van der Waals surface area contributed by atoms with Crippen molar-refractivity contribution in [2.45, 2.75) is 25.9 Å². The molecule has 1 N–H and O–H groups in total. The fraction of sp³-hybridized carbons (Fsp3) is 0.143. The number of allylic oxidation sites excluding steroid dienone is 4. The third-order valence-electron chi connectivity index (χ3n) is 7.64. The highest BCUT2D eigenvalue weighted by Gasteiger charge is 2.46. The van der Waals surface area contributed by atoms with Crippen molar-refractivity contribution in [2.24, 2.45) is 9.98 Å². The molecule has 0 saturated carbocycles. The summed E-state index contributed by atoms with van der Waals surface area (Å²) in [7, 11) is -0.857. The van der Waals surface area contributed by atoms with Crippen molar-refractivity contribution >= 4 is 29.8 Å². The van der Waals surface area contributed by atoms with Gasteiger partial charge in [-0.3, -0.25) is 0 Å². The van der Waals surface area contributed by atoms with Crippen molar-refractivity contribution in [3.8, 4) is 0 Å². The zero-order chi connectivity index (χ0) is 28.4. The average Bonchev–Trinajstić information content (AvgIpc) is 3.02. The highest BCUT2D eigenvalue weighted by atomic mass is 31.2. The molecule has 2 aliphatic rings. The first-order chi connectivity index (χ1) is 19.9. The Morgan fingerprint density at radius 3 is 2.22 bits per heavy atom. The molecule has 0 spiro atoms. The number of hydrogen-bond acceptors (Lipinski definition) is 4. The van der Waals surface area contributed by atoms with E-state index in [0.717, 1.165) is 56.9 Å². The maximum absolute atomic E-state index is 13.8. The standard InChI is InChI=1S/C35H32FN3OP/c1-25-24-28(20-23-32(25)41(40,30-14-8-4-9-15-30)31-16-10-5-11-17-31)35-38-33(26-12-6-3-7-13-26)37-34(39(35)2)27-18-21-29(36)22-19-27/h3-4,6-10,12-24,35,40H,5,11H2,1-2H3/q+1. The monoisotopic (exact) mass is 560 g/mol. The zero-order valence-electron chi connectivity index (χ0n) is 23.2. The van der Waals surface area contributed by atoms with Gasteiger partial charge in [0.1, 0.15) is 27.6 Å². The summed E-state index contributed by atoms with van der Waals surface area (Å²) in [4.78, 5) is 24.5. The second kappa shape index (κ2) is 11.4. The van der Waals surface area contributed by atoms with Gasteiger partial charge < -0.3 is 4.90 Å². The van der Waals surface area contributed by atoms with Crippen molar-refractivity contribution in [3.63, 3.8) is 0 Å². The Kier molecular flexibility index (Phi) is 7.49. The van der Waals surface area contributed by atoms with Gasteiger partial charge >= 0.3 is 0 Å². The van der Waals surface area contributed by atoms with Crippen LogP contribution in [0.25, 0.3) is 0 Å². The van der Waals surface area contributed by atoms with Gasteiger partial charge in [-0.2, -0.15) is 0 Å². The van der Waals surface area contributed by atoms with Gasteiger partial charge in [-0.1, -0.05) is 60.7 Å². The summed E-state index contributed by atoms with van der Waals surface area (Å²) in [5, 5.41) is 2.89. The van der Waals surface area contributed by atoms with E-state index in [2.05, 4.69) is 43.4 Å². The minimum absolute atomic E-state index is 0.287. The molecular weight excluding hydrogens is 528 g/mol. The second-order valence-corrected chi connectivity index (χ2v) is 13.2. The number of rotatable bonds is 6. The van der Waals surface area contributed by atoms with Crippen molar-refractivity contribution < 1.29 is 9.28 Å². The molecule has 41 heavy (non-hydrogen) atoms. The van der Waals surface area contributed by atoms with Crippen LogP contribution in [0.4, 0.5) is 4.39 Å². The molecule has 6 heteroatoms. The maximum atomic E-state index is 13.8. The molecule has 2 atom stereocenters. The topological polar surface area (TPSA) is 48.2 Å². The molecule has 0 bridgehead atoms. The molecule has 1 aliphatic carbocycles. The third-order valence-corrected chi connectivity index (χ3v) is 11.0. The SMILES string of the molecule is Cc1cc(C2N=C(c3ccccc3)N=C(c3ccc(F)cc3)N2C)ccc1[P+](O)(C1=CCCC=C1)c1ccccc1. The number of halogens is 1. The molecule has 1 heterocycles. The predicted octanol–water partition coefficient (Wildman–Crippen LogP) is 7.08. The summed E-state index contributed by atoms with van der Waals surface area (Å²) < 4.78 is 13.8. The van der Waals surface area contributed by atoms with Crippen molar-refractivity contribution in [2.75, 3.05) is 7.05 Å². The third kappa shape index (κ3) is 5.19. The largest absolute Gasteiger partial charge is 0.333 e. The fourth-order valence-electron chi connectivity index (χ4n) is 5.53. The summed E-state index contributed by atoms with van der Waals surface area (Å²) in [5.74, 6) is 1.06. The van der Waals surface area contributed by atoms with Crippen LogP contribution in [0.3, 0.4) is 0 Å². The van der Waals surface area contributed by atoms with Crippen LogP contribution in [0.2, 0.25) is 0 Å². The molecule has 204 valence electrons. The summed E-state index contributed by atoms with van der Waals surface area (Å²) in [5.41, 5.74) is 3.73. The van der Waals surface area contributed by atoms with E-state index in [0.29, 0.717) is 5.84 Å². The lowest BCUT2D eigenvalue weighted by atomic mass is 10.1. The molecule has 0 amide bonds. The Bertz CT molecular complexity index is 1680. The highest BCUT2D eigenvalue weighted by Crippen LogP contribution is 2.61. The lowest BCUT2D eigenvalue weighted by molar-refractivity contribution is 0.382. The first-order valence-electron chi connectivity index (χ1n) is 13.8. The molecule has 2 unspecified atom stereocenters. The van der Waals surface area contributed by atoms with E-state index >= 15 is 0 Å². The summed E-state index contributed by atoms with van der Waals surface area (Å²) in [6.45, 7) is 2.07. The number of hydrogen-bond donors (Lipinski definition) is 1. The van der Waals surface area contributed by atoms with Gasteiger partial charge in [0.2, 0.25) is 7.49 Å². The van der Waals surface area contributed by atoms with Gasteiger partial charge in [0.15, 0.2) is 12.0 Å². The summed E-state index contributed by atoms with van der Waals surface area (Å²) in [6, 6.07) is 32.6. The Morgan fingerprint density at radius 2 is 1.56 bits per heavy atom. The van der Waals surface area contributed by atoms with E-state index in [-0.39, 0.29) is 12.0 Å². The zero-order valence-corrected chi connectivity index (χ0v) is 24.0. The van der Waals surface area contributed by atoms with Crippen LogP contribution < -0.4 is 10.6 Å². The van der Waals surface area contributed by atoms with Gasteiger partial charge in [0.05, 0.1) is 0 Å². The van der Waals surface area contributed by atoms with E-state index in [1.807, 2.05) is 72.6 Å². The number of aliphatic imine (C=N–C) groups is 2. The van der Waals surface area contributed by atoms with Gasteiger partial charge in [-0.15, -0.1) is 0 Å². The van der Waals surface area contributed by atoms with E-state index < -0.39 is 7.49 Å². The second-order valence-electron chi connectivity index (χ2n) is 10.4. The lowest BCUT2D eigenvalue weighted by Crippen LogP contribution is -2.36. The molecule has 1 aliphatic heterocycles. The minimum Gasteiger partial charge on any atom is -0.333 e. The predicted molar refractivity (Wildman–Crippen MR) is 169 cm³/mol. The van der Waals surface area contributed by atoms with Crippen LogP contribution >= 0.6 is 7.49 Å². The van der Waals surface area contributed by atoms with E-state index in [4.69, 9.17) is 9.98 Å². The first kappa shape index (κ1) is 27.0. The number of nitrogens with zero attached hydrogens (tertiary/aromatic N) is 3. The van der Waals surface area contributed by atoms with Crippen LogP contribution in [0.15, 0.2) is 137 Å². The Balaban J connectivity index is 1.45. The number of aryl methyl sites for hydroxylation is 1. The van der Waals surface area contributed by atoms with E-state index in [1.165, 1.54) is 12.1 Å². The number of benzene rings is 4.